The number of hydrogen-bond acceptors (Lipinski definition) is 15. The van der Waals surface area contributed by atoms with Crippen LogP contribution in [0.1, 0.15) is 131 Å². The SMILES string of the molecule is CC[C@H](C)C([C@@H](CC(=O)N1C[C@@H](NC(=O)OCc2ccc(NC(=O)C(CCCNC(N)=O)NC(=O)[C@@H](NC(=O)CCCCCN3C(=O)C=CC3=O)C(C)C)cc2)C[C@H]1[C@H](OC)[C@@H](C)C(=O)NCCc1c(F)cccc1F)OC)N(C)C(=O)[C@@H](NC(=O)[C@H](C(C)C)N(C)C)C(C)C. The largest absolute Gasteiger partial charge is 0.445 e. The molecule has 2 aromatic carbocycles. The fourth-order valence-corrected chi connectivity index (χ4v) is 12.3. The molecular weight excluding hydrogens is 1250 g/mol. The van der Waals surface area contributed by atoms with Crippen LogP contribution in [0.15, 0.2) is 54.6 Å². The Bertz CT molecular complexity index is 2960. The molecule has 0 aliphatic carbocycles. The number of hydrogen-bond donors (Lipinski definition) is 8. The number of anilines is 1. The first-order chi connectivity index (χ1) is 45.3. The van der Waals surface area contributed by atoms with Crippen LogP contribution in [0, 0.1) is 41.2 Å². The smallest absolute Gasteiger partial charge is 0.407 e. The summed E-state index contributed by atoms with van der Waals surface area (Å²) in [6.45, 7) is 16.4. The van der Waals surface area contributed by atoms with E-state index < -0.39 is 120 Å². The van der Waals surface area contributed by atoms with Gasteiger partial charge in [0.25, 0.3) is 11.8 Å². The molecule has 534 valence electrons. The molecule has 2 unspecified atom stereocenters. The van der Waals surface area contributed by atoms with Crippen LogP contribution in [-0.4, -0.2) is 201 Å². The number of methoxy groups -OCH3 is 2. The van der Waals surface area contributed by atoms with Crippen molar-refractivity contribution in [3.8, 4) is 0 Å². The molecule has 1 fully saturated rings. The number of imide groups is 1. The van der Waals surface area contributed by atoms with E-state index in [1.54, 1.807) is 76.0 Å². The van der Waals surface area contributed by atoms with Gasteiger partial charge in [0.05, 0.1) is 48.7 Å². The van der Waals surface area contributed by atoms with Crippen LogP contribution in [0.2, 0.25) is 0 Å². The Morgan fingerprint density at radius 1 is 0.719 bits per heavy atom. The Morgan fingerprint density at radius 3 is 1.92 bits per heavy atom. The summed E-state index contributed by atoms with van der Waals surface area (Å²) in [5.41, 5.74) is 5.88. The van der Waals surface area contributed by atoms with Crippen molar-refractivity contribution in [1.82, 2.24) is 51.5 Å². The molecule has 96 heavy (non-hydrogen) atoms. The molecule has 12 amide bonds. The number of carbonyl (C=O) groups excluding carboxylic acids is 11. The molecule has 9 N–H and O–H groups in total. The normalized spacial score (nSPS) is 17.5. The van der Waals surface area contributed by atoms with Gasteiger partial charge in [0.2, 0.25) is 41.4 Å². The maximum Gasteiger partial charge on any atom is 0.407 e. The summed E-state index contributed by atoms with van der Waals surface area (Å²) in [5.74, 6) is -7.48. The zero-order valence-corrected chi connectivity index (χ0v) is 58.2. The number of likely N-dealkylation sites (tertiary alicyclic amines) is 1. The van der Waals surface area contributed by atoms with Gasteiger partial charge in [0.15, 0.2) is 0 Å². The Balaban J connectivity index is 1.49. The molecule has 11 atom stereocenters. The molecule has 0 radical (unpaired) electrons. The first kappa shape index (κ1) is 80.3. The van der Waals surface area contributed by atoms with Gasteiger partial charge in [-0.1, -0.05) is 93.4 Å². The number of halogens is 2. The highest BCUT2D eigenvalue weighted by Crippen LogP contribution is 2.31. The van der Waals surface area contributed by atoms with Crippen molar-refractivity contribution in [1.29, 1.82) is 0 Å². The van der Waals surface area contributed by atoms with E-state index in [-0.39, 0.29) is 118 Å². The van der Waals surface area contributed by atoms with Crippen molar-refractivity contribution in [2.75, 3.05) is 66.9 Å². The van der Waals surface area contributed by atoms with Gasteiger partial charge in [-0.25, -0.2) is 18.4 Å². The number of ether oxygens (including phenoxy) is 3. The zero-order chi connectivity index (χ0) is 71.7. The second-order valence-electron chi connectivity index (χ2n) is 26.1. The number of urea groups is 1. The van der Waals surface area contributed by atoms with Gasteiger partial charge in [-0.2, -0.15) is 0 Å². The molecule has 2 aliphatic rings. The summed E-state index contributed by atoms with van der Waals surface area (Å²) in [6, 6.07) is 3.19. The van der Waals surface area contributed by atoms with Gasteiger partial charge in [0.1, 0.15) is 36.4 Å². The van der Waals surface area contributed by atoms with Crippen LogP contribution in [0.4, 0.5) is 24.1 Å². The molecule has 28 heteroatoms. The van der Waals surface area contributed by atoms with Crippen LogP contribution in [0.3, 0.4) is 0 Å². The van der Waals surface area contributed by atoms with E-state index in [4.69, 9.17) is 19.9 Å². The predicted molar refractivity (Wildman–Crippen MR) is 356 cm³/mol. The van der Waals surface area contributed by atoms with E-state index in [0.29, 0.717) is 36.9 Å². The number of nitrogens with two attached hydrogens (primary N) is 1. The molecule has 26 nitrogen and oxygen atoms in total. The lowest BCUT2D eigenvalue weighted by Crippen LogP contribution is -2.59. The number of primary amides is 1. The summed E-state index contributed by atoms with van der Waals surface area (Å²) in [4.78, 5) is 153. The van der Waals surface area contributed by atoms with Gasteiger partial charge in [0, 0.05) is 77.3 Å². The van der Waals surface area contributed by atoms with E-state index in [2.05, 4.69) is 37.2 Å². The number of carbonyl (C=O) groups is 11. The number of nitrogens with one attached hydrogen (secondary N) is 7. The summed E-state index contributed by atoms with van der Waals surface area (Å²) in [5, 5.41) is 19.3. The summed E-state index contributed by atoms with van der Waals surface area (Å²) >= 11 is 0. The highest BCUT2D eigenvalue weighted by Gasteiger charge is 2.46. The predicted octanol–water partition coefficient (Wildman–Crippen LogP) is 4.67. The number of likely N-dealkylation sites (N-methyl/N-ethyl adjacent to an activating group) is 2. The fraction of sp³-hybridized carbons (Fsp3) is 0.632. The number of nitrogens with zero attached hydrogens (tertiary/aromatic N) is 4. The molecule has 2 aliphatic heterocycles. The van der Waals surface area contributed by atoms with Crippen LogP contribution >= 0.6 is 0 Å². The van der Waals surface area contributed by atoms with Gasteiger partial charge >= 0.3 is 12.1 Å². The van der Waals surface area contributed by atoms with E-state index in [0.717, 1.165) is 17.0 Å². The molecule has 2 aromatic rings. The quantitative estimate of drug-likeness (QED) is 0.0333. The van der Waals surface area contributed by atoms with Crippen molar-refractivity contribution < 1.29 is 75.7 Å². The van der Waals surface area contributed by atoms with Crippen LogP contribution < -0.4 is 43.0 Å². The Labute approximate surface area is 563 Å². The third-order valence-corrected chi connectivity index (χ3v) is 17.7. The first-order valence-electron chi connectivity index (χ1n) is 33.1. The van der Waals surface area contributed by atoms with E-state index in [9.17, 15) is 56.7 Å². The summed E-state index contributed by atoms with van der Waals surface area (Å²) < 4.78 is 46.9. The van der Waals surface area contributed by atoms with Gasteiger partial charge in [-0.05, 0) is 106 Å². The van der Waals surface area contributed by atoms with Crippen molar-refractivity contribution in [2.45, 2.75) is 188 Å². The Hall–Kier alpha value is -8.11. The van der Waals surface area contributed by atoms with Crippen LogP contribution in [0.5, 0.6) is 0 Å². The highest BCUT2D eigenvalue weighted by atomic mass is 19.1. The minimum absolute atomic E-state index is 0.0577. The van der Waals surface area contributed by atoms with Gasteiger partial charge in [-0.15, -0.1) is 0 Å². The number of benzene rings is 2. The molecule has 0 saturated carbocycles. The molecule has 0 bridgehead atoms. The number of alkyl carbamates (subject to hydrolysis) is 1. The molecule has 0 spiro atoms. The number of amides is 12. The zero-order valence-electron chi connectivity index (χ0n) is 58.2. The third kappa shape index (κ3) is 23.9. The highest BCUT2D eigenvalue weighted by molar-refractivity contribution is 6.12. The second-order valence-corrected chi connectivity index (χ2v) is 26.1. The first-order valence-corrected chi connectivity index (χ1v) is 33.1. The topological polar surface area (TPSA) is 339 Å². The molecular formula is C68H104F2N12O14. The van der Waals surface area contributed by atoms with Crippen molar-refractivity contribution in [3.05, 3.63) is 77.4 Å². The minimum Gasteiger partial charge on any atom is -0.445 e. The standard InChI is InChI=1S/C68H104F2N12O14/c1-15-42(8)60(80(12)66(91)58(40(4)5)78-65(90)59(41(6)7)79(10)11)52(94-13)36-56(86)82-37-46(35-51(82)61(95-14)43(9)62(87)72-33-31-47-48(69)21-19-22-49(47)70)75-68(93)96-38-44-25-27-45(28-26-44)74-63(88)50(23-20-32-73-67(71)92)76-64(89)57(39(2)3)77-53(83)24-17-16-18-34-81-54(84)29-30-55(81)85/h19,21-22,25-30,39-43,46,50-52,57-61H,15-18,20,23-24,31-38H2,1-14H3,(H,72,87)(H,74,88)(H,75,93)(H,76,89)(H,77,83)(H,78,90)(H3,71,73,92)/t42-,43+,46-,50?,51-,52+,57-,58-,59-,60?,61+/m0/s1. The van der Waals surface area contributed by atoms with E-state index in [1.165, 1.54) is 37.3 Å². The second kappa shape index (κ2) is 39.2. The monoisotopic (exact) mass is 1350 g/mol. The maximum atomic E-state index is 15.0. The van der Waals surface area contributed by atoms with Crippen molar-refractivity contribution in [2.24, 2.45) is 35.3 Å². The fourth-order valence-electron chi connectivity index (χ4n) is 12.3. The average molecular weight is 1350 g/mol. The lowest BCUT2D eigenvalue weighted by Gasteiger charge is -2.41. The van der Waals surface area contributed by atoms with Crippen molar-refractivity contribution >= 4 is 71.0 Å². The Kier molecular flexibility index (Phi) is 32.8. The third-order valence-electron chi connectivity index (χ3n) is 17.7. The van der Waals surface area contributed by atoms with Crippen molar-refractivity contribution in [3.63, 3.8) is 0 Å². The lowest BCUT2D eigenvalue weighted by atomic mass is 9.89. The van der Waals surface area contributed by atoms with Crippen LogP contribution in [0.25, 0.3) is 0 Å². The molecule has 4 rings (SSSR count). The summed E-state index contributed by atoms with van der Waals surface area (Å²) in [7, 11) is 8.07. The number of unbranched alkanes of at least 4 members (excludes halogenated alkanes) is 2. The molecule has 1 saturated heterocycles. The summed E-state index contributed by atoms with van der Waals surface area (Å²) in [6.07, 6.45) is 1.80. The molecule has 0 aromatic heterocycles. The molecule has 2 heterocycles. The van der Waals surface area contributed by atoms with Gasteiger partial charge in [-0.3, -0.25) is 53.0 Å². The average Bonchev–Trinajstić information content (AvgIpc) is 1.57. The lowest BCUT2D eigenvalue weighted by molar-refractivity contribution is -0.148. The van der Waals surface area contributed by atoms with E-state index >= 15 is 4.79 Å². The minimum atomic E-state index is -1.14. The number of rotatable bonds is 39. The van der Waals surface area contributed by atoms with Gasteiger partial charge < -0.3 is 67.0 Å². The Morgan fingerprint density at radius 2 is 1.35 bits per heavy atom. The van der Waals surface area contributed by atoms with E-state index in [1.807, 2.05) is 41.5 Å². The maximum absolute atomic E-state index is 15.0. The van der Waals surface area contributed by atoms with Crippen LogP contribution in [-0.2, 0) is 70.4 Å².